The Morgan fingerprint density at radius 2 is 1.68 bits per heavy atom. The average molecular weight is 425 g/mol. The minimum absolute atomic E-state index is 0.0543. The lowest BCUT2D eigenvalue weighted by Gasteiger charge is -2.13. The molecule has 9 heteroatoms. The maximum absolute atomic E-state index is 13.2. The third kappa shape index (κ3) is 4.35. The normalized spacial score (nSPS) is 14.6. The van der Waals surface area contributed by atoms with Crippen molar-refractivity contribution in [3.8, 4) is 17.2 Å². The van der Waals surface area contributed by atoms with Crippen LogP contribution in [-0.4, -0.2) is 37.9 Å². The maximum atomic E-state index is 13.2. The number of hydrogen-bond acceptors (Lipinski definition) is 7. The van der Waals surface area contributed by atoms with Gasteiger partial charge in [0.2, 0.25) is 5.75 Å². The number of non-ortho nitro benzene ring substituents is 1. The van der Waals surface area contributed by atoms with E-state index >= 15 is 0 Å². The molecular weight excluding hydrogens is 402 g/mol. The lowest BCUT2D eigenvalue weighted by Crippen LogP contribution is -2.21. The molecule has 1 aliphatic heterocycles. The van der Waals surface area contributed by atoms with Crippen LogP contribution in [0, 0.1) is 10.1 Å². The zero-order valence-corrected chi connectivity index (χ0v) is 17.7. The van der Waals surface area contributed by atoms with E-state index in [2.05, 4.69) is 5.10 Å². The van der Waals surface area contributed by atoms with Crippen molar-refractivity contribution in [3.63, 3.8) is 0 Å². The van der Waals surface area contributed by atoms with Crippen molar-refractivity contribution in [2.75, 3.05) is 26.3 Å². The van der Waals surface area contributed by atoms with E-state index in [1.807, 2.05) is 6.92 Å². The zero-order valence-electron chi connectivity index (χ0n) is 17.7. The van der Waals surface area contributed by atoms with Gasteiger partial charge >= 0.3 is 0 Å². The molecule has 0 bridgehead atoms. The summed E-state index contributed by atoms with van der Waals surface area (Å²) in [5.74, 6) is 1.09. The van der Waals surface area contributed by atoms with Gasteiger partial charge in [-0.05, 0) is 42.3 Å². The van der Waals surface area contributed by atoms with Crippen LogP contribution >= 0.6 is 0 Å². The highest BCUT2D eigenvalue weighted by atomic mass is 16.6. The number of hydrazone groups is 1. The summed E-state index contributed by atoms with van der Waals surface area (Å²) in [5.41, 5.74) is 2.17. The van der Waals surface area contributed by atoms with Gasteiger partial charge in [0.15, 0.2) is 11.5 Å². The van der Waals surface area contributed by atoms with Gasteiger partial charge in [0.05, 0.1) is 43.2 Å². The largest absolute Gasteiger partial charge is 0.493 e. The number of benzene rings is 2. The minimum atomic E-state index is -0.489. The Bertz CT molecular complexity index is 1030. The predicted octanol–water partition coefficient (Wildman–Crippen LogP) is 4.21. The topological polar surface area (TPSA) is 104 Å². The average Bonchev–Trinajstić information content (AvgIpc) is 3.08. The molecule has 0 radical (unpaired) electrons. The van der Waals surface area contributed by atoms with E-state index in [1.165, 1.54) is 50.6 Å². The van der Waals surface area contributed by atoms with Crippen molar-refractivity contribution >= 4 is 29.1 Å². The number of methoxy groups -OCH3 is 3. The lowest BCUT2D eigenvalue weighted by atomic mass is 10.0. The molecular formula is C22H23N3O6. The number of nitro groups is 1. The molecule has 2 aromatic carbocycles. The third-order valence-corrected chi connectivity index (χ3v) is 4.74. The van der Waals surface area contributed by atoms with Crippen LogP contribution in [0.2, 0.25) is 0 Å². The number of amides is 1. The number of carbonyl (C=O) groups is 1. The fourth-order valence-corrected chi connectivity index (χ4v) is 3.27. The highest BCUT2D eigenvalue weighted by molar-refractivity contribution is 6.32. The molecule has 0 saturated carbocycles. The fraction of sp³-hybridized carbons (Fsp3) is 0.273. The molecule has 31 heavy (non-hydrogen) atoms. The number of hydrogen-bond donors (Lipinski definition) is 0. The van der Waals surface area contributed by atoms with E-state index < -0.39 is 4.92 Å². The van der Waals surface area contributed by atoms with Gasteiger partial charge in [0, 0.05) is 12.1 Å². The van der Waals surface area contributed by atoms with Crippen molar-refractivity contribution in [1.82, 2.24) is 0 Å². The summed E-state index contributed by atoms with van der Waals surface area (Å²) in [6, 6.07) is 9.20. The lowest BCUT2D eigenvalue weighted by molar-refractivity contribution is -0.384. The summed E-state index contributed by atoms with van der Waals surface area (Å²) in [6.45, 7) is 2.00. The summed E-state index contributed by atoms with van der Waals surface area (Å²) in [4.78, 5) is 23.6. The molecule has 0 saturated heterocycles. The van der Waals surface area contributed by atoms with Crippen molar-refractivity contribution < 1.29 is 23.9 Å². The number of nitrogens with zero attached hydrogens (tertiary/aromatic N) is 3. The number of nitro benzene ring substituents is 1. The Hall–Kier alpha value is -3.88. The van der Waals surface area contributed by atoms with Gasteiger partial charge in [-0.2, -0.15) is 10.1 Å². The number of rotatable bonds is 8. The van der Waals surface area contributed by atoms with E-state index in [-0.39, 0.29) is 11.6 Å². The molecule has 3 rings (SSSR count). The van der Waals surface area contributed by atoms with Crippen LogP contribution in [0.3, 0.4) is 0 Å². The Morgan fingerprint density at radius 3 is 2.16 bits per heavy atom. The van der Waals surface area contributed by atoms with Crippen LogP contribution in [0.25, 0.3) is 6.08 Å². The number of carbonyl (C=O) groups excluding carboxylic acids is 1. The highest BCUT2D eigenvalue weighted by Crippen LogP contribution is 2.39. The van der Waals surface area contributed by atoms with Gasteiger partial charge in [0.25, 0.3) is 11.6 Å². The second-order valence-corrected chi connectivity index (χ2v) is 6.70. The number of anilines is 1. The van der Waals surface area contributed by atoms with Crippen LogP contribution < -0.4 is 19.2 Å². The molecule has 0 unspecified atom stereocenters. The molecule has 0 fully saturated rings. The Kier molecular flexibility index (Phi) is 6.54. The molecule has 1 amide bonds. The van der Waals surface area contributed by atoms with Gasteiger partial charge in [0.1, 0.15) is 0 Å². The fourth-order valence-electron chi connectivity index (χ4n) is 3.27. The van der Waals surface area contributed by atoms with Gasteiger partial charge in [-0.3, -0.25) is 14.9 Å². The van der Waals surface area contributed by atoms with Gasteiger partial charge < -0.3 is 14.2 Å². The molecule has 0 spiro atoms. The summed E-state index contributed by atoms with van der Waals surface area (Å²) < 4.78 is 16.1. The first kappa shape index (κ1) is 21.8. The van der Waals surface area contributed by atoms with E-state index in [0.29, 0.717) is 46.2 Å². The van der Waals surface area contributed by atoms with Crippen LogP contribution in [0.1, 0.15) is 25.3 Å². The molecule has 0 atom stereocenters. The first-order chi connectivity index (χ1) is 14.9. The Labute approximate surface area is 179 Å². The first-order valence-corrected chi connectivity index (χ1v) is 9.61. The molecule has 162 valence electrons. The van der Waals surface area contributed by atoms with Gasteiger partial charge in [-0.15, -0.1) is 0 Å². The molecule has 1 heterocycles. The standard InChI is InChI=1S/C22H23N3O6/c1-5-6-18-17(11-14-12-19(29-2)21(31-4)20(13-14)30-3)22(26)24(23-18)15-7-9-16(10-8-15)25(27)28/h7-13H,5-6H2,1-4H3. The zero-order chi connectivity index (χ0) is 22.5. The Morgan fingerprint density at radius 1 is 1.06 bits per heavy atom. The first-order valence-electron chi connectivity index (χ1n) is 9.61. The SMILES string of the molecule is CCCC1=NN(c2ccc([N+](=O)[O-])cc2)C(=O)C1=Cc1cc(OC)c(OC)c(OC)c1. The predicted molar refractivity (Wildman–Crippen MR) is 117 cm³/mol. The second-order valence-electron chi connectivity index (χ2n) is 6.70. The highest BCUT2D eigenvalue weighted by Gasteiger charge is 2.31. The van der Waals surface area contributed by atoms with Crippen molar-refractivity contribution in [2.45, 2.75) is 19.8 Å². The summed E-state index contributed by atoms with van der Waals surface area (Å²) in [6.07, 6.45) is 3.13. The molecule has 0 N–H and O–H groups in total. The van der Waals surface area contributed by atoms with Crippen LogP contribution in [0.4, 0.5) is 11.4 Å². The van der Waals surface area contributed by atoms with Crippen LogP contribution in [0.15, 0.2) is 47.1 Å². The molecule has 2 aromatic rings. The molecule has 1 aliphatic rings. The second kappa shape index (κ2) is 9.29. The maximum Gasteiger partial charge on any atom is 0.280 e. The van der Waals surface area contributed by atoms with E-state index in [4.69, 9.17) is 14.2 Å². The smallest absolute Gasteiger partial charge is 0.280 e. The summed E-state index contributed by atoms with van der Waals surface area (Å²) in [5, 5.41) is 16.6. The van der Waals surface area contributed by atoms with Gasteiger partial charge in [-0.1, -0.05) is 13.3 Å². The molecule has 0 aromatic heterocycles. The number of ether oxygens (including phenoxy) is 3. The van der Waals surface area contributed by atoms with Crippen LogP contribution in [-0.2, 0) is 4.79 Å². The molecule has 9 nitrogen and oxygen atoms in total. The summed E-state index contributed by atoms with van der Waals surface area (Å²) >= 11 is 0. The van der Waals surface area contributed by atoms with Crippen molar-refractivity contribution in [2.24, 2.45) is 5.10 Å². The minimum Gasteiger partial charge on any atom is -0.493 e. The monoisotopic (exact) mass is 425 g/mol. The van der Waals surface area contributed by atoms with E-state index in [1.54, 1.807) is 18.2 Å². The van der Waals surface area contributed by atoms with Crippen molar-refractivity contribution in [3.05, 3.63) is 57.6 Å². The van der Waals surface area contributed by atoms with Crippen molar-refractivity contribution in [1.29, 1.82) is 0 Å². The quantitative estimate of drug-likeness (QED) is 0.357. The van der Waals surface area contributed by atoms with Crippen LogP contribution in [0.5, 0.6) is 17.2 Å². The Balaban J connectivity index is 2.02. The van der Waals surface area contributed by atoms with E-state index in [9.17, 15) is 14.9 Å². The summed E-state index contributed by atoms with van der Waals surface area (Å²) in [7, 11) is 4.57. The van der Waals surface area contributed by atoms with E-state index in [0.717, 1.165) is 6.42 Å². The van der Waals surface area contributed by atoms with Gasteiger partial charge in [-0.25, -0.2) is 0 Å². The molecule has 0 aliphatic carbocycles. The third-order valence-electron chi connectivity index (χ3n) is 4.74.